The van der Waals surface area contributed by atoms with Crippen molar-refractivity contribution in [2.75, 3.05) is 27.2 Å². The lowest BCUT2D eigenvalue weighted by Crippen LogP contribution is -2.41. The molecule has 1 unspecified atom stereocenters. The summed E-state index contributed by atoms with van der Waals surface area (Å²) in [5, 5.41) is 1.70. The normalized spacial score (nSPS) is 12.4. The number of hydrogen-bond acceptors (Lipinski definition) is 4. The van der Waals surface area contributed by atoms with Crippen molar-refractivity contribution in [3.05, 3.63) is 73.2 Å². The van der Waals surface area contributed by atoms with E-state index in [-0.39, 0.29) is 16.5 Å². The molecule has 0 aliphatic heterocycles. The zero-order chi connectivity index (χ0) is 23.6. The van der Waals surface area contributed by atoms with E-state index >= 15 is 0 Å². The van der Waals surface area contributed by atoms with Gasteiger partial charge in [0.05, 0.1) is 27.5 Å². The van der Waals surface area contributed by atoms with Gasteiger partial charge < -0.3 is 9.80 Å². The van der Waals surface area contributed by atoms with Crippen molar-refractivity contribution in [3.63, 3.8) is 0 Å². The molecule has 3 aromatic rings. The molecule has 32 heavy (non-hydrogen) atoms. The molecule has 9 heteroatoms. The fraction of sp³-hybridized carbons (Fsp3) is 0.348. The summed E-state index contributed by atoms with van der Waals surface area (Å²) in [6.45, 7) is 5.20. The van der Waals surface area contributed by atoms with Crippen LogP contribution in [0.15, 0.2) is 41.2 Å². The Kier molecular flexibility index (Phi) is 7.83. The summed E-state index contributed by atoms with van der Waals surface area (Å²) < 4.78 is 1.60. The number of rotatable bonds is 7. The van der Waals surface area contributed by atoms with Crippen molar-refractivity contribution in [2.24, 2.45) is 0 Å². The van der Waals surface area contributed by atoms with Crippen LogP contribution in [-0.2, 0) is 6.54 Å². The molecular formula is C23H25Cl3N4O2. The Balaban J connectivity index is 2.13. The Bertz CT molecular complexity index is 1210. The summed E-state index contributed by atoms with van der Waals surface area (Å²) in [6.07, 6.45) is 0. The van der Waals surface area contributed by atoms with Crippen molar-refractivity contribution in [1.82, 2.24) is 19.4 Å². The van der Waals surface area contributed by atoms with E-state index < -0.39 is 6.04 Å². The summed E-state index contributed by atoms with van der Waals surface area (Å²) in [7, 11) is 3.86. The second kappa shape index (κ2) is 10.2. The number of carbonyl (C=O) groups is 1. The third-order valence-electron chi connectivity index (χ3n) is 5.31. The average molecular weight is 496 g/mol. The Hall–Kier alpha value is -2.12. The molecule has 170 valence electrons. The zero-order valence-corrected chi connectivity index (χ0v) is 20.7. The lowest BCUT2D eigenvalue weighted by atomic mass is 10.1. The summed E-state index contributed by atoms with van der Waals surface area (Å²) in [6, 6.07) is 9.31. The third-order valence-corrected chi connectivity index (χ3v) is 6.10. The van der Waals surface area contributed by atoms with Gasteiger partial charge in [0.15, 0.2) is 0 Å². The summed E-state index contributed by atoms with van der Waals surface area (Å²) in [4.78, 5) is 35.1. The van der Waals surface area contributed by atoms with Crippen molar-refractivity contribution in [2.45, 2.75) is 26.4 Å². The van der Waals surface area contributed by atoms with Gasteiger partial charge in [-0.1, -0.05) is 34.8 Å². The summed E-state index contributed by atoms with van der Waals surface area (Å²) in [5.41, 5.74) is 0.676. The van der Waals surface area contributed by atoms with Crippen LogP contribution in [0.1, 0.15) is 36.1 Å². The topological polar surface area (TPSA) is 58.4 Å². The van der Waals surface area contributed by atoms with E-state index in [1.54, 1.807) is 45.9 Å². The standard InChI is InChI=1S/C23H25Cl3N4O2/c1-5-29-21(27-20-13-16(25)7-9-18(20)23(29)32)14(2)30(11-10-28(3)4)22(31)17-8-6-15(24)12-19(17)26/h6-9,12-14H,5,10-11H2,1-4H3. The quantitative estimate of drug-likeness (QED) is 0.455. The molecule has 1 heterocycles. The van der Waals surface area contributed by atoms with Crippen molar-refractivity contribution >= 4 is 51.6 Å². The molecular weight excluding hydrogens is 471 g/mol. The molecule has 1 atom stereocenters. The van der Waals surface area contributed by atoms with Crippen molar-refractivity contribution in [1.29, 1.82) is 0 Å². The minimum Gasteiger partial charge on any atom is -0.327 e. The zero-order valence-electron chi connectivity index (χ0n) is 18.4. The Labute approximate surface area is 202 Å². The minimum atomic E-state index is -0.495. The fourth-order valence-electron chi connectivity index (χ4n) is 3.57. The first kappa shape index (κ1) is 24.5. The number of nitrogens with zero attached hydrogens (tertiary/aromatic N) is 4. The van der Waals surface area contributed by atoms with Crippen LogP contribution in [0.2, 0.25) is 15.1 Å². The first-order valence-electron chi connectivity index (χ1n) is 10.2. The molecule has 0 fully saturated rings. The van der Waals surface area contributed by atoms with Crippen LogP contribution < -0.4 is 5.56 Å². The van der Waals surface area contributed by atoms with Gasteiger partial charge in [-0.25, -0.2) is 4.98 Å². The van der Waals surface area contributed by atoms with Gasteiger partial charge in [-0.05, 0) is 64.3 Å². The minimum absolute atomic E-state index is 0.166. The van der Waals surface area contributed by atoms with E-state index in [1.165, 1.54) is 0 Å². The largest absolute Gasteiger partial charge is 0.327 e. The predicted octanol–water partition coefficient (Wildman–Crippen LogP) is 5.14. The molecule has 0 aliphatic carbocycles. The van der Waals surface area contributed by atoms with Gasteiger partial charge in [0.1, 0.15) is 5.82 Å². The molecule has 0 saturated heterocycles. The lowest BCUT2D eigenvalue weighted by molar-refractivity contribution is 0.0665. The van der Waals surface area contributed by atoms with Crippen LogP contribution in [0.3, 0.4) is 0 Å². The van der Waals surface area contributed by atoms with Gasteiger partial charge >= 0.3 is 0 Å². The molecule has 2 aromatic carbocycles. The highest BCUT2D eigenvalue weighted by atomic mass is 35.5. The molecule has 1 aromatic heterocycles. The second-order valence-electron chi connectivity index (χ2n) is 7.78. The van der Waals surface area contributed by atoms with Crippen molar-refractivity contribution in [3.8, 4) is 0 Å². The maximum atomic E-state index is 13.6. The molecule has 0 saturated carbocycles. The van der Waals surface area contributed by atoms with Gasteiger partial charge in [0.25, 0.3) is 11.5 Å². The number of likely N-dealkylation sites (N-methyl/N-ethyl adjacent to an activating group) is 1. The monoisotopic (exact) mass is 494 g/mol. The molecule has 0 N–H and O–H groups in total. The first-order valence-corrected chi connectivity index (χ1v) is 11.4. The molecule has 6 nitrogen and oxygen atoms in total. The fourth-order valence-corrected chi connectivity index (χ4v) is 4.23. The van der Waals surface area contributed by atoms with Gasteiger partial charge in [0, 0.05) is 29.7 Å². The SMILES string of the molecule is CCn1c(C(C)N(CCN(C)C)C(=O)c2ccc(Cl)cc2Cl)nc2cc(Cl)ccc2c1=O. The number of aromatic nitrogens is 2. The van der Waals surface area contributed by atoms with Gasteiger partial charge in [-0.3, -0.25) is 14.2 Å². The highest BCUT2D eigenvalue weighted by Gasteiger charge is 2.28. The van der Waals surface area contributed by atoms with Crippen LogP contribution in [-0.4, -0.2) is 52.4 Å². The van der Waals surface area contributed by atoms with Crippen LogP contribution >= 0.6 is 34.8 Å². The van der Waals surface area contributed by atoms with E-state index in [9.17, 15) is 9.59 Å². The highest BCUT2D eigenvalue weighted by molar-refractivity contribution is 6.36. The van der Waals surface area contributed by atoms with E-state index in [1.807, 2.05) is 32.8 Å². The van der Waals surface area contributed by atoms with E-state index in [2.05, 4.69) is 0 Å². The highest BCUT2D eigenvalue weighted by Crippen LogP contribution is 2.27. The number of hydrogen-bond donors (Lipinski definition) is 0. The van der Waals surface area contributed by atoms with Gasteiger partial charge in [0.2, 0.25) is 0 Å². The van der Waals surface area contributed by atoms with Crippen molar-refractivity contribution < 1.29 is 4.79 Å². The Morgan fingerprint density at radius 2 is 1.72 bits per heavy atom. The molecule has 0 radical (unpaired) electrons. The van der Waals surface area contributed by atoms with Crippen LogP contribution in [0.4, 0.5) is 0 Å². The van der Waals surface area contributed by atoms with Crippen LogP contribution in [0, 0.1) is 0 Å². The average Bonchev–Trinajstić information content (AvgIpc) is 2.73. The van der Waals surface area contributed by atoms with E-state index in [4.69, 9.17) is 39.8 Å². The number of benzene rings is 2. The number of amides is 1. The van der Waals surface area contributed by atoms with E-state index in [0.29, 0.717) is 52.0 Å². The van der Waals surface area contributed by atoms with Gasteiger partial charge in [-0.2, -0.15) is 0 Å². The lowest BCUT2D eigenvalue weighted by Gasteiger charge is -2.31. The van der Waals surface area contributed by atoms with Gasteiger partial charge in [-0.15, -0.1) is 0 Å². The number of halogens is 3. The molecule has 0 spiro atoms. The maximum Gasteiger partial charge on any atom is 0.261 e. The second-order valence-corrected chi connectivity index (χ2v) is 9.06. The number of fused-ring (bicyclic) bond motifs is 1. The molecule has 1 amide bonds. The molecule has 0 bridgehead atoms. The third kappa shape index (κ3) is 5.09. The van der Waals surface area contributed by atoms with Crippen LogP contribution in [0.25, 0.3) is 10.9 Å². The maximum absolute atomic E-state index is 13.6. The Morgan fingerprint density at radius 1 is 1.06 bits per heavy atom. The van der Waals surface area contributed by atoms with E-state index in [0.717, 1.165) is 0 Å². The predicted molar refractivity (Wildman–Crippen MR) is 131 cm³/mol. The van der Waals surface area contributed by atoms with Crippen LogP contribution in [0.5, 0.6) is 0 Å². The Morgan fingerprint density at radius 3 is 2.34 bits per heavy atom. The summed E-state index contributed by atoms with van der Waals surface area (Å²) in [5.74, 6) is 0.230. The first-order chi connectivity index (χ1) is 15.1. The number of carbonyl (C=O) groups excluding carboxylic acids is 1. The molecule has 0 aliphatic rings. The smallest absolute Gasteiger partial charge is 0.261 e. The summed E-state index contributed by atoms with van der Waals surface area (Å²) >= 11 is 18.5. The molecule has 3 rings (SSSR count).